The molecular formula is C20H25F2NOS. The molecule has 2 nitrogen and oxygen atoms in total. The first-order valence-electron chi connectivity index (χ1n) is 8.98. The SMILES string of the molecule is OC(CCc1cc(F)cc(F)c1)CNC1(c2ccsc2)CCCCC1. The van der Waals surface area contributed by atoms with Gasteiger partial charge in [0, 0.05) is 18.2 Å². The third-order valence-electron chi connectivity index (χ3n) is 5.15. The topological polar surface area (TPSA) is 32.3 Å². The highest BCUT2D eigenvalue weighted by molar-refractivity contribution is 7.08. The number of aliphatic hydroxyl groups excluding tert-OH is 1. The first-order chi connectivity index (χ1) is 12.1. The maximum absolute atomic E-state index is 13.2. The molecule has 2 N–H and O–H groups in total. The third-order valence-corrected chi connectivity index (χ3v) is 5.83. The van der Waals surface area contributed by atoms with Gasteiger partial charge in [-0.2, -0.15) is 11.3 Å². The number of thiophene rings is 1. The number of nitrogens with one attached hydrogen (secondary N) is 1. The van der Waals surface area contributed by atoms with Crippen LogP contribution in [0.4, 0.5) is 8.78 Å². The van der Waals surface area contributed by atoms with Crippen LogP contribution < -0.4 is 5.32 Å². The van der Waals surface area contributed by atoms with E-state index in [1.54, 1.807) is 11.3 Å². The Morgan fingerprint density at radius 1 is 1.12 bits per heavy atom. The third kappa shape index (κ3) is 4.87. The van der Waals surface area contributed by atoms with Crippen LogP contribution in [0.15, 0.2) is 35.0 Å². The minimum atomic E-state index is -0.568. The summed E-state index contributed by atoms with van der Waals surface area (Å²) in [6.45, 7) is 0.494. The van der Waals surface area contributed by atoms with Crippen LogP contribution in [0.1, 0.15) is 49.7 Å². The maximum Gasteiger partial charge on any atom is 0.126 e. The lowest BCUT2D eigenvalue weighted by Gasteiger charge is -2.39. The summed E-state index contributed by atoms with van der Waals surface area (Å²) in [5.41, 5.74) is 1.86. The van der Waals surface area contributed by atoms with E-state index in [-0.39, 0.29) is 5.54 Å². The molecule has 5 heteroatoms. The molecule has 0 aliphatic heterocycles. The van der Waals surface area contributed by atoms with Gasteiger partial charge in [-0.05, 0) is 65.8 Å². The Labute approximate surface area is 151 Å². The average molecular weight is 365 g/mol. The normalized spacial score (nSPS) is 18.2. The Hall–Kier alpha value is -1.30. The van der Waals surface area contributed by atoms with E-state index in [2.05, 4.69) is 22.1 Å². The summed E-state index contributed by atoms with van der Waals surface area (Å²) < 4.78 is 26.5. The zero-order valence-electron chi connectivity index (χ0n) is 14.3. The molecule has 0 saturated heterocycles. The molecule has 0 amide bonds. The zero-order chi connectivity index (χ0) is 17.7. The smallest absolute Gasteiger partial charge is 0.126 e. The number of aliphatic hydroxyl groups is 1. The second kappa shape index (κ2) is 8.39. The van der Waals surface area contributed by atoms with Crippen molar-refractivity contribution in [3.05, 3.63) is 57.8 Å². The van der Waals surface area contributed by atoms with Crippen LogP contribution in [0.3, 0.4) is 0 Å². The van der Waals surface area contributed by atoms with E-state index in [9.17, 15) is 13.9 Å². The summed E-state index contributed by atoms with van der Waals surface area (Å²) in [4.78, 5) is 0. The Kier molecular flexibility index (Phi) is 6.20. The van der Waals surface area contributed by atoms with Gasteiger partial charge >= 0.3 is 0 Å². The molecular weight excluding hydrogens is 340 g/mol. The average Bonchev–Trinajstić information content (AvgIpc) is 3.13. The van der Waals surface area contributed by atoms with Gasteiger partial charge in [0.15, 0.2) is 0 Å². The van der Waals surface area contributed by atoms with Crippen molar-refractivity contribution in [3.8, 4) is 0 Å². The molecule has 136 valence electrons. The van der Waals surface area contributed by atoms with Crippen molar-refractivity contribution in [2.24, 2.45) is 0 Å². The standard InChI is InChI=1S/C20H25F2NOS/c21-17-10-15(11-18(22)12-17)4-5-19(24)13-23-20(7-2-1-3-8-20)16-6-9-25-14-16/h6,9-12,14,19,23-24H,1-5,7-8,13H2. The van der Waals surface area contributed by atoms with Crippen LogP contribution in [-0.4, -0.2) is 17.8 Å². The van der Waals surface area contributed by atoms with Gasteiger partial charge < -0.3 is 10.4 Å². The molecule has 1 heterocycles. The number of rotatable bonds is 7. The highest BCUT2D eigenvalue weighted by atomic mass is 32.1. The summed E-state index contributed by atoms with van der Waals surface area (Å²) in [5, 5.41) is 18.2. The van der Waals surface area contributed by atoms with Crippen molar-refractivity contribution in [3.63, 3.8) is 0 Å². The maximum atomic E-state index is 13.2. The van der Waals surface area contributed by atoms with Gasteiger partial charge in [-0.3, -0.25) is 0 Å². The molecule has 2 aromatic rings. The Morgan fingerprint density at radius 3 is 2.48 bits per heavy atom. The lowest BCUT2D eigenvalue weighted by Crippen LogP contribution is -2.46. The summed E-state index contributed by atoms with van der Waals surface area (Å²) in [6.07, 6.45) is 6.24. The number of hydrogen-bond donors (Lipinski definition) is 2. The summed E-state index contributed by atoms with van der Waals surface area (Å²) in [6, 6.07) is 5.70. The fourth-order valence-corrected chi connectivity index (χ4v) is 4.52. The van der Waals surface area contributed by atoms with Crippen molar-refractivity contribution in [1.29, 1.82) is 0 Å². The number of hydrogen-bond acceptors (Lipinski definition) is 3. The molecule has 0 radical (unpaired) electrons. The lowest BCUT2D eigenvalue weighted by atomic mass is 9.77. The molecule has 1 aromatic carbocycles. The quantitative estimate of drug-likeness (QED) is 0.741. The number of aryl methyl sites for hydroxylation is 1. The van der Waals surface area contributed by atoms with Crippen molar-refractivity contribution >= 4 is 11.3 Å². The van der Waals surface area contributed by atoms with Crippen molar-refractivity contribution < 1.29 is 13.9 Å². The van der Waals surface area contributed by atoms with Gasteiger partial charge in [-0.15, -0.1) is 0 Å². The number of halogens is 2. The van der Waals surface area contributed by atoms with E-state index < -0.39 is 17.7 Å². The molecule has 1 unspecified atom stereocenters. The molecule has 1 atom stereocenters. The molecule has 1 aromatic heterocycles. The van der Waals surface area contributed by atoms with Gasteiger partial charge in [-0.25, -0.2) is 8.78 Å². The van der Waals surface area contributed by atoms with E-state index in [1.807, 2.05) is 0 Å². The molecule has 1 aliphatic rings. The van der Waals surface area contributed by atoms with Gasteiger partial charge in [0.2, 0.25) is 0 Å². The van der Waals surface area contributed by atoms with Gasteiger partial charge in [0.25, 0.3) is 0 Å². The van der Waals surface area contributed by atoms with Crippen LogP contribution >= 0.6 is 11.3 Å². The summed E-state index contributed by atoms with van der Waals surface area (Å²) in [7, 11) is 0. The molecule has 1 fully saturated rings. The zero-order valence-corrected chi connectivity index (χ0v) is 15.1. The molecule has 0 spiro atoms. The Balaban J connectivity index is 1.55. The first kappa shape index (κ1) is 18.5. The van der Waals surface area contributed by atoms with E-state index in [4.69, 9.17) is 0 Å². The van der Waals surface area contributed by atoms with Crippen LogP contribution in [-0.2, 0) is 12.0 Å². The predicted molar refractivity (Wildman–Crippen MR) is 97.8 cm³/mol. The Bertz CT molecular complexity index is 648. The van der Waals surface area contributed by atoms with E-state index in [0.29, 0.717) is 24.9 Å². The van der Waals surface area contributed by atoms with Crippen molar-refractivity contribution in [1.82, 2.24) is 5.32 Å². The van der Waals surface area contributed by atoms with Crippen molar-refractivity contribution in [2.75, 3.05) is 6.54 Å². The minimum Gasteiger partial charge on any atom is -0.392 e. The highest BCUT2D eigenvalue weighted by Crippen LogP contribution is 2.38. The first-order valence-corrected chi connectivity index (χ1v) is 9.92. The van der Waals surface area contributed by atoms with Crippen molar-refractivity contribution in [2.45, 2.75) is 56.6 Å². The molecule has 25 heavy (non-hydrogen) atoms. The van der Waals surface area contributed by atoms with Crippen LogP contribution in [0.25, 0.3) is 0 Å². The molecule has 1 saturated carbocycles. The largest absolute Gasteiger partial charge is 0.392 e. The summed E-state index contributed by atoms with van der Waals surface area (Å²) in [5.74, 6) is -1.14. The van der Waals surface area contributed by atoms with Gasteiger partial charge in [0.05, 0.1) is 6.10 Å². The fraction of sp³-hybridized carbons (Fsp3) is 0.500. The minimum absolute atomic E-state index is 0.0375. The van der Waals surface area contributed by atoms with Gasteiger partial charge in [-0.1, -0.05) is 19.3 Å². The second-order valence-corrected chi connectivity index (χ2v) is 7.79. The Morgan fingerprint density at radius 2 is 1.84 bits per heavy atom. The second-order valence-electron chi connectivity index (χ2n) is 7.01. The monoisotopic (exact) mass is 365 g/mol. The fourth-order valence-electron chi connectivity index (χ4n) is 3.76. The van der Waals surface area contributed by atoms with Crippen LogP contribution in [0.5, 0.6) is 0 Å². The van der Waals surface area contributed by atoms with E-state index in [1.165, 1.54) is 37.0 Å². The number of benzene rings is 1. The molecule has 3 rings (SSSR count). The van der Waals surface area contributed by atoms with Crippen LogP contribution in [0, 0.1) is 11.6 Å². The van der Waals surface area contributed by atoms with Gasteiger partial charge in [0.1, 0.15) is 11.6 Å². The molecule has 1 aliphatic carbocycles. The summed E-state index contributed by atoms with van der Waals surface area (Å²) >= 11 is 1.70. The van der Waals surface area contributed by atoms with E-state index >= 15 is 0 Å². The van der Waals surface area contributed by atoms with E-state index in [0.717, 1.165) is 18.9 Å². The molecule has 0 bridgehead atoms. The van der Waals surface area contributed by atoms with Crippen LogP contribution in [0.2, 0.25) is 0 Å². The highest BCUT2D eigenvalue weighted by Gasteiger charge is 2.34. The predicted octanol–water partition coefficient (Wildman–Crippen LogP) is 4.77. The lowest BCUT2D eigenvalue weighted by molar-refractivity contribution is 0.132.